The van der Waals surface area contributed by atoms with Gasteiger partial charge in [0.1, 0.15) is 18.1 Å². The van der Waals surface area contributed by atoms with E-state index in [0.717, 1.165) is 49.4 Å². The van der Waals surface area contributed by atoms with Gasteiger partial charge in [0, 0.05) is 37.6 Å². The zero-order chi connectivity index (χ0) is 26.5. The van der Waals surface area contributed by atoms with Crippen molar-refractivity contribution in [1.82, 2.24) is 14.8 Å². The Morgan fingerprint density at radius 3 is 2.47 bits per heavy atom. The molecule has 2 heterocycles. The quantitative estimate of drug-likeness (QED) is 0.281. The molecule has 0 saturated carbocycles. The van der Waals surface area contributed by atoms with E-state index in [1.165, 1.54) is 17.7 Å². The van der Waals surface area contributed by atoms with Gasteiger partial charge in [-0.05, 0) is 54.3 Å². The molecular weight excluding hydrogens is 484 g/mol. The molecule has 1 saturated heterocycles. The molecule has 5 nitrogen and oxygen atoms in total. The van der Waals surface area contributed by atoms with Crippen LogP contribution in [0.4, 0.5) is 8.78 Å². The molecular formula is C31H31F2N3O2. The molecule has 0 bridgehead atoms. The van der Waals surface area contributed by atoms with Gasteiger partial charge in [-0.1, -0.05) is 55.1 Å². The highest BCUT2D eigenvalue weighted by Crippen LogP contribution is 2.30. The number of hydrogen-bond donors (Lipinski definition) is 1. The Labute approximate surface area is 221 Å². The van der Waals surface area contributed by atoms with Crippen molar-refractivity contribution in [3.05, 3.63) is 114 Å². The van der Waals surface area contributed by atoms with Crippen LogP contribution in [-0.2, 0) is 13.1 Å². The smallest absolute Gasteiger partial charge is 0.268 e. The van der Waals surface area contributed by atoms with Crippen molar-refractivity contribution >= 4 is 16.8 Å². The first-order valence-electron chi connectivity index (χ1n) is 12.9. The number of fused-ring (bicyclic) bond motifs is 1. The van der Waals surface area contributed by atoms with Crippen molar-refractivity contribution in [3.63, 3.8) is 0 Å². The molecule has 1 aromatic heterocycles. The minimum absolute atomic E-state index is 0.0562. The van der Waals surface area contributed by atoms with Gasteiger partial charge in [-0.15, -0.1) is 0 Å². The number of aromatic nitrogens is 1. The predicted octanol–water partition coefficient (Wildman–Crippen LogP) is 5.93. The third-order valence-electron chi connectivity index (χ3n) is 6.99. The Morgan fingerprint density at radius 2 is 1.74 bits per heavy atom. The summed E-state index contributed by atoms with van der Waals surface area (Å²) in [5.74, 6) is -1.38. The summed E-state index contributed by atoms with van der Waals surface area (Å²) in [5, 5.41) is 3.99. The third-order valence-corrected chi connectivity index (χ3v) is 6.99. The van der Waals surface area contributed by atoms with E-state index >= 15 is 0 Å². The van der Waals surface area contributed by atoms with Crippen LogP contribution < -0.4 is 10.1 Å². The summed E-state index contributed by atoms with van der Waals surface area (Å²) >= 11 is 0. The standard InChI is InChI=1S/C31H31F2N3O2/c1-2-17-38-30-10-6-9-28-25(30)19-29(36(28)21-23-11-12-26(32)27(33)18-23)31(37)34-24-13-15-35(16-14-24)20-22-7-4-3-5-8-22/h2-12,18-19,24H,1,13-17,20-21H2,(H,34,37). The van der Waals surface area contributed by atoms with E-state index in [4.69, 9.17) is 4.74 Å². The number of amides is 1. The number of likely N-dealkylation sites (tertiary alicyclic amines) is 1. The SMILES string of the molecule is C=CCOc1cccc2c1cc(C(=O)NC1CCN(Cc3ccccc3)CC1)n2Cc1ccc(F)c(F)c1. The second kappa shape index (κ2) is 11.6. The molecule has 0 atom stereocenters. The molecule has 1 amide bonds. The second-order valence-corrected chi connectivity index (χ2v) is 9.66. The average molecular weight is 516 g/mol. The summed E-state index contributed by atoms with van der Waals surface area (Å²) in [6, 6.07) is 21.7. The van der Waals surface area contributed by atoms with Crippen molar-refractivity contribution in [2.45, 2.75) is 32.0 Å². The Hall–Kier alpha value is -3.97. The summed E-state index contributed by atoms with van der Waals surface area (Å²) in [7, 11) is 0. The molecule has 7 heteroatoms. The highest BCUT2D eigenvalue weighted by Gasteiger charge is 2.24. The highest BCUT2D eigenvalue weighted by atomic mass is 19.2. The molecule has 3 aromatic carbocycles. The molecule has 1 aliphatic rings. The molecule has 1 aliphatic heterocycles. The van der Waals surface area contributed by atoms with Crippen molar-refractivity contribution < 1.29 is 18.3 Å². The molecule has 196 valence electrons. The van der Waals surface area contributed by atoms with E-state index < -0.39 is 11.6 Å². The first-order valence-corrected chi connectivity index (χ1v) is 12.9. The van der Waals surface area contributed by atoms with E-state index in [9.17, 15) is 13.6 Å². The van der Waals surface area contributed by atoms with Crippen LogP contribution in [0.2, 0.25) is 0 Å². The van der Waals surface area contributed by atoms with Gasteiger partial charge in [-0.2, -0.15) is 0 Å². The molecule has 0 unspecified atom stereocenters. The van der Waals surface area contributed by atoms with E-state index in [2.05, 4.69) is 41.1 Å². The lowest BCUT2D eigenvalue weighted by Gasteiger charge is -2.32. The van der Waals surface area contributed by atoms with Crippen LogP contribution in [0.25, 0.3) is 10.9 Å². The van der Waals surface area contributed by atoms with Gasteiger partial charge >= 0.3 is 0 Å². The van der Waals surface area contributed by atoms with E-state index in [1.54, 1.807) is 6.08 Å². The lowest BCUT2D eigenvalue weighted by molar-refractivity contribution is 0.0900. The maximum Gasteiger partial charge on any atom is 0.268 e. The minimum Gasteiger partial charge on any atom is -0.489 e. The fourth-order valence-electron chi connectivity index (χ4n) is 5.05. The normalized spacial score (nSPS) is 14.5. The monoisotopic (exact) mass is 515 g/mol. The number of halogens is 2. The lowest BCUT2D eigenvalue weighted by Crippen LogP contribution is -2.44. The van der Waals surface area contributed by atoms with Crippen molar-refractivity contribution in [2.24, 2.45) is 0 Å². The molecule has 38 heavy (non-hydrogen) atoms. The topological polar surface area (TPSA) is 46.5 Å². The van der Waals surface area contributed by atoms with Gasteiger partial charge in [-0.25, -0.2) is 8.78 Å². The zero-order valence-corrected chi connectivity index (χ0v) is 21.2. The van der Waals surface area contributed by atoms with Crippen molar-refractivity contribution in [3.8, 4) is 5.75 Å². The van der Waals surface area contributed by atoms with E-state index in [1.807, 2.05) is 34.9 Å². The van der Waals surface area contributed by atoms with Crippen LogP contribution in [0.15, 0.2) is 85.5 Å². The van der Waals surface area contributed by atoms with Gasteiger partial charge in [0.2, 0.25) is 0 Å². The van der Waals surface area contributed by atoms with Crippen LogP contribution >= 0.6 is 0 Å². The van der Waals surface area contributed by atoms with Crippen LogP contribution in [0.5, 0.6) is 5.75 Å². The zero-order valence-electron chi connectivity index (χ0n) is 21.2. The molecule has 4 aromatic rings. The van der Waals surface area contributed by atoms with Gasteiger partial charge < -0.3 is 14.6 Å². The number of carbonyl (C=O) groups is 1. The second-order valence-electron chi connectivity index (χ2n) is 9.66. The summed E-state index contributed by atoms with van der Waals surface area (Å²) in [4.78, 5) is 16.0. The fourth-order valence-corrected chi connectivity index (χ4v) is 5.05. The first kappa shape index (κ1) is 25.7. The molecule has 0 aliphatic carbocycles. The van der Waals surface area contributed by atoms with Crippen LogP contribution in [-0.4, -0.2) is 41.1 Å². The predicted molar refractivity (Wildman–Crippen MR) is 145 cm³/mol. The van der Waals surface area contributed by atoms with Crippen molar-refractivity contribution in [2.75, 3.05) is 19.7 Å². The molecule has 0 spiro atoms. The van der Waals surface area contributed by atoms with Crippen molar-refractivity contribution in [1.29, 1.82) is 0 Å². The first-order chi connectivity index (χ1) is 18.5. The number of piperidine rings is 1. The fraction of sp³-hybridized carbons (Fsp3) is 0.258. The number of ether oxygens (including phenoxy) is 1. The summed E-state index contributed by atoms with van der Waals surface area (Å²) in [5.41, 5.74) is 3.07. The lowest BCUT2D eigenvalue weighted by atomic mass is 10.0. The number of nitrogens with one attached hydrogen (secondary N) is 1. The van der Waals surface area contributed by atoms with Gasteiger partial charge in [0.15, 0.2) is 11.6 Å². The van der Waals surface area contributed by atoms with Crippen LogP contribution in [0, 0.1) is 11.6 Å². The Kier molecular flexibility index (Phi) is 7.84. The van der Waals surface area contributed by atoms with Gasteiger partial charge in [0.05, 0.1) is 5.52 Å². The molecule has 0 radical (unpaired) electrons. The molecule has 1 N–H and O–H groups in total. The summed E-state index contributed by atoms with van der Waals surface area (Å²) in [6.07, 6.45) is 3.38. The minimum atomic E-state index is -0.915. The molecule has 1 fully saturated rings. The van der Waals surface area contributed by atoms with Gasteiger partial charge in [-0.3, -0.25) is 9.69 Å². The maximum absolute atomic E-state index is 14.0. The number of hydrogen-bond acceptors (Lipinski definition) is 3. The average Bonchev–Trinajstić information content (AvgIpc) is 3.30. The highest BCUT2D eigenvalue weighted by molar-refractivity contribution is 6.00. The number of benzene rings is 3. The third kappa shape index (κ3) is 5.78. The number of rotatable bonds is 9. The van der Waals surface area contributed by atoms with Crippen LogP contribution in [0.1, 0.15) is 34.5 Å². The maximum atomic E-state index is 14.0. The largest absolute Gasteiger partial charge is 0.489 e. The Balaban J connectivity index is 1.36. The number of carbonyl (C=O) groups excluding carboxylic acids is 1. The van der Waals surface area contributed by atoms with Gasteiger partial charge in [0.25, 0.3) is 5.91 Å². The Bertz CT molecular complexity index is 1430. The number of nitrogens with zero attached hydrogens (tertiary/aromatic N) is 2. The van der Waals surface area contributed by atoms with E-state index in [-0.39, 0.29) is 18.5 Å². The summed E-state index contributed by atoms with van der Waals surface area (Å²) < 4.78 is 35.2. The van der Waals surface area contributed by atoms with E-state index in [0.29, 0.717) is 23.6 Å². The Morgan fingerprint density at radius 1 is 0.947 bits per heavy atom. The van der Waals surface area contributed by atoms with Crippen LogP contribution in [0.3, 0.4) is 0 Å². The molecule has 5 rings (SSSR count). The summed E-state index contributed by atoms with van der Waals surface area (Å²) in [6.45, 7) is 6.95.